The van der Waals surface area contributed by atoms with E-state index in [0.717, 1.165) is 12.1 Å². The predicted molar refractivity (Wildman–Crippen MR) is 85.7 cm³/mol. The zero-order chi connectivity index (χ0) is 17.2. The number of hydrogen-bond donors (Lipinski definition) is 1. The van der Waals surface area contributed by atoms with Gasteiger partial charge in [0, 0.05) is 31.0 Å². The van der Waals surface area contributed by atoms with Gasteiger partial charge in [-0.3, -0.25) is 9.78 Å². The number of pyridine rings is 1. The second-order valence-electron chi connectivity index (χ2n) is 4.97. The van der Waals surface area contributed by atoms with Gasteiger partial charge in [-0.1, -0.05) is 0 Å². The van der Waals surface area contributed by atoms with Crippen LogP contribution in [0.4, 0.5) is 24.5 Å². The third-order valence-electron chi connectivity index (χ3n) is 3.02. The molecule has 0 spiro atoms. The lowest BCUT2D eigenvalue weighted by molar-refractivity contribution is -0.137. The molecule has 0 fully saturated rings. The molecule has 0 aliphatic rings. The normalized spacial score (nSPS) is 11.2. The Labute approximate surface area is 139 Å². The summed E-state index contributed by atoms with van der Waals surface area (Å²) in [6.07, 6.45) is -1.64. The molecule has 1 N–H and O–H groups in total. The number of halogens is 4. The van der Waals surface area contributed by atoms with Crippen LogP contribution in [-0.4, -0.2) is 25.0 Å². The molecule has 2 aromatic rings. The minimum atomic E-state index is -4.48. The third kappa shape index (κ3) is 4.22. The lowest BCUT2D eigenvalue weighted by atomic mass is 10.1. The summed E-state index contributed by atoms with van der Waals surface area (Å²) in [6.45, 7) is 0. The predicted octanol–water partition coefficient (Wildman–Crippen LogP) is 4.18. The molecular weight excluding hydrogens is 375 g/mol. The Morgan fingerprint density at radius 3 is 2.48 bits per heavy atom. The molecule has 8 heteroatoms. The summed E-state index contributed by atoms with van der Waals surface area (Å²) >= 11 is 3.19. The van der Waals surface area contributed by atoms with Crippen LogP contribution >= 0.6 is 15.9 Å². The van der Waals surface area contributed by atoms with Crippen LogP contribution in [0.5, 0.6) is 0 Å². The highest BCUT2D eigenvalue weighted by Gasteiger charge is 2.31. The number of alkyl halides is 3. The fourth-order valence-corrected chi connectivity index (χ4v) is 2.30. The number of nitrogens with zero attached hydrogens (tertiary/aromatic N) is 2. The number of amides is 1. The summed E-state index contributed by atoms with van der Waals surface area (Å²) in [5.74, 6) is -0.541. The van der Waals surface area contributed by atoms with E-state index in [-0.39, 0.29) is 11.3 Å². The van der Waals surface area contributed by atoms with Gasteiger partial charge < -0.3 is 10.2 Å². The Bertz CT molecular complexity index is 732. The number of anilines is 2. The van der Waals surface area contributed by atoms with Crippen LogP contribution in [-0.2, 0) is 6.18 Å². The van der Waals surface area contributed by atoms with E-state index in [1.807, 2.05) is 0 Å². The maximum atomic E-state index is 12.9. The van der Waals surface area contributed by atoms with Gasteiger partial charge in [0.1, 0.15) is 0 Å². The lowest BCUT2D eigenvalue weighted by Gasteiger charge is -2.19. The second-order valence-corrected chi connectivity index (χ2v) is 5.89. The van der Waals surface area contributed by atoms with Crippen molar-refractivity contribution in [2.75, 3.05) is 24.3 Å². The molecule has 0 bridgehead atoms. The molecular formula is C15H13BrF3N3O. The van der Waals surface area contributed by atoms with Crippen LogP contribution < -0.4 is 10.2 Å². The van der Waals surface area contributed by atoms with Gasteiger partial charge in [-0.05, 0) is 40.2 Å². The quantitative estimate of drug-likeness (QED) is 0.858. The molecule has 23 heavy (non-hydrogen) atoms. The molecule has 0 aliphatic carbocycles. The highest BCUT2D eigenvalue weighted by Crippen LogP contribution is 2.35. The number of benzene rings is 1. The standard InChI is InChI=1S/C15H13BrF3N3O/c1-22(2)13-4-3-10(15(17,18)19)6-12(13)21-14(23)9-5-11(16)8-20-7-9/h3-8H,1-2H3,(H,21,23). The number of hydrogen-bond acceptors (Lipinski definition) is 3. The number of carbonyl (C=O) groups is 1. The van der Waals surface area contributed by atoms with Crippen molar-refractivity contribution in [1.82, 2.24) is 4.98 Å². The second kappa shape index (κ2) is 6.57. The number of rotatable bonds is 3. The Hall–Kier alpha value is -2.09. The van der Waals surface area contributed by atoms with Crippen LogP contribution in [0.1, 0.15) is 15.9 Å². The van der Waals surface area contributed by atoms with E-state index < -0.39 is 17.6 Å². The minimum absolute atomic E-state index is 0.0785. The van der Waals surface area contributed by atoms with Gasteiger partial charge in [-0.2, -0.15) is 13.2 Å². The number of nitrogens with one attached hydrogen (secondary N) is 1. The van der Waals surface area contributed by atoms with Crippen LogP contribution in [0.2, 0.25) is 0 Å². The van der Waals surface area contributed by atoms with Crippen LogP contribution in [0.15, 0.2) is 41.1 Å². The van der Waals surface area contributed by atoms with Crippen molar-refractivity contribution < 1.29 is 18.0 Å². The van der Waals surface area contributed by atoms with Gasteiger partial charge in [0.05, 0.1) is 22.5 Å². The molecule has 1 amide bonds. The van der Waals surface area contributed by atoms with Crippen molar-refractivity contribution in [3.63, 3.8) is 0 Å². The zero-order valence-electron chi connectivity index (χ0n) is 12.3. The maximum absolute atomic E-state index is 12.9. The topological polar surface area (TPSA) is 45.2 Å². The first-order valence-electron chi connectivity index (χ1n) is 6.49. The first-order chi connectivity index (χ1) is 10.7. The van der Waals surface area contributed by atoms with Gasteiger partial charge in [0.15, 0.2) is 0 Å². The fraction of sp³-hybridized carbons (Fsp3) is 0.200. The molecule has 1 aromatic carbocycles. The molecule has 2 rings (SSSR count). The van der Waals surface area contributed by atoms with E-state index in [9.17, 15) is 18.0 Å². The van der Waals surface area contributed by atoms with Crippen molar-refractivity contribution in [2.45, 2.75) is 6.18 Å². The molecule has 0 radical (unpaired) electrons. The monoisotopic (exact) mass is 387 g/mol. The van der Waals surface area contributed by atoms with Crippen molar-refractivity contribution in [3.8, 4) is 0 Å². The van der Waals surface area contributed by atoms with E-state index in [1.165, 1.54) is 24.5 Å². The van der Waals surface area contributed by atoms with Crippen LogP contribution in [0.3, 0.4) is 0 Å². The maximum Gasteiger partial charge on any atom is 0.416 e. The molecule has 122 valence electrons. The number of aromatic nitrogens is 1. The molecule has 1 heterocycles. The summed E-state index contributed by atoms with van der Waals surface area (Å²) in [6, 6.07) is 4.74. The molecule has 1 aromatic heterocycles. The third-order valence-corrected chi connectivity index (χ3v) is 3.45. The summed E-state index contributed by atoms with van der Waals surface area (Å²) in [5, 5.41) is 2.51. The lowest BCUT2D eigenvalue weighted by Crippen LogP contribution is -2.18. The molecule has 0 saturated carbocycles. The Morgan fingerprint density at radius 2 is 1.91 bits per heavy atom. The SMILES string of the molecule is CN(C)c1ccc(C(F)(F)F)cc1NC(=O)c1cncc(Br)c1. The largest absolute Gasteiger partial charge is 0.416 e. The smallest absolute Gasteiger partial charge is 0.376 e. The van der Waals surface area contributed by atoms with Crippen molar-refractivity contribution in [2.24, 2.45) is 0 Å². The van der Waals surface area contributed by atoms with E-state index in [1.54, 1.807) is 19.0 Å². The Kier molecular flexibility index (Phi) is 4.93. The average molecular weight is 388 g/mol. The van der Waals surface area contributed by atoms with Crippen LogP contribution in [0.25, 0.3) is 0 Å². The van der Waals surface area contributed by atoms with E-state index in [4.69, 9.17) is 0 Å². The van der Waals surface area contributed by atoms with Gasteiger partial charge in [-0.25, -0.2) is 0 Å². The summed E-state index contributed by atoms with van der Waals surface area (Å²) in [5.41, 5.74) is -0.0450. The Balaban J connectivity index is 2.38. The van der Waals surface area contributed by atoms with Crippen molar-refractivity contribution >= 4 is 33.2 Å². The van der Waals surface area contributed by atoms with Crippen LogP contribution in [0, 0.1) is 0 Å². The van der Waals surface area contributed by atoms with E-state index in [2.05, 4.69) is 26.2 Å². The Morgan fingerprint density at radius 1 is 1.22 bits per heavy atom. The molecule has 0 atom stereocenters. The van der Waals surface area contributed by atoms with Gasteiger partial charge in [0.2, 0.25) is 0 Å². The molecule has 0 aliphatic heterocycles. The first-order valence-corrected chi connectivity index (χ1v) is 7.28. The zero-order valence-corrected chi connectivity index (χ0v) is 13.9. The first kappa shape index (κ1) is 17.3. The molecule has 4 nitrogen and oxygen atoms in total. The highest BCUT2D eigenvalue weighted by molar-refractivity contribution is 9.10. The summed E-state index contributed by atoms with van der Waals surface area (Å²) < 4.78 is 39.2. The minimum Gasteiger partial charge on any atom is -0.376 e. The number of carbonyl (C=O) groups excluding carboxylic acids is 1. The van der Waals surface area contributed by atoms with Crippen molar-refractivity contribution in [1.29, 1.82) is 0 Å². The molecule has 0 saturated heterocycles. The van der Waals surface area contributed by atoms with E-state index in [0.29, 0.717) is 10.2 Å². The molecule has 0 unspecified atom stereocenters. The average Bonchev–Trinajstić information content (AvgIpc) is 2.46. The van der Waals surface area contributed by atoms with Gasteiger partial charge >= 0.3 is 6.18 Å². The summed E-state index contributed by atoms with van der Waals surface area (Å²) in [7, 11) is 3.36. The van der Waals surface area contributed by atoms with Gasteiger partial charge in [-0.15, -0.1) is 0 Å². The van der Waals surface area contributed by atoms with E-state index >= 15 is 0 Å². The van der Waals surface area contributed by atoms with Crippen molar-refractivity contribution in [3.05, 3.63) is 52.3 Å². The fourth-order valence-electron chi connectivity index (χ4n) is 1.93. The van der Waals surface area contributed by atoms with Gasteiger partial charge in [0.25, 0.3) is 5.91 Å². The highest BCUT2D eigenvalue weighted by atomic mass is 79.9. The summed E-state index contributed by atoms with van der Waals surface area (Å²) in [4.78, 5) is 17.7.